The summed E-state index contributed by atoms with van der Waals surface area (Å²) >= 11 is 0. The highest BCUT2D eigenvalue weighted by Gasteiger charge is 2.01. The van der Waals surface area contributed by atoms with Crippen LogP contribution >= 0.6 is 0 Å². The number of nitrogens with one attached hydrogen (secondary N) is 1. The lowest BCUT2D eigenvalue weighted by atomic mass is 10.2. The SMILES string of the molecule is COc1ccc(/C=C/C(=O)Nc2ccc(C)c(F)c2)cc1. The summed E-state index contributed by atoms with van der Waals surface area (Å²) in [4.78, 5) is 11.8. The van der Waals surface area contributed by atoms with Gasteiger partial charge in [0, 0.05) is 11.8 Å². The van der Waals surface area contributed by atoms with E-state index in [9.17, 15) is 9.18 Å². The highest BCUT2D eigenvalue weighted by atomic mass is 19.1. The van der Waals surface area contributed by atoms with E-state index in [0.29, 0.717) is 11.3 Å². The lowest BCUT2D eigenvalue weighted by Gasteiger charge is -2.03. The molecule has 0 bridgehead atoms. The molecule has 0 unspecified atom stereocenters. The second-order valence-electron chi connectivity index (χ2n) is 4.56. The van der Waals surface area contributed by atoms with Gasteiger partial charge in [0.25, 0.3) is 0 Å². The normalized spacial score (nSPS) is 10.6. The molecule has 0 saturated carbocycles. The Labute approximate surface area is 123 Å². The van der Waals surface area contributed by atoms with Crippen LogP contribution in [0.25, 0.3) is 6.08 Å². The van der Waals surface area contributed by atoms with Crippen molar-refractivity contribution in [3.63, 3.8) is 0 Å². The second-order valence-corrected chi connectivity index (χ2v) is 4.56. The molecule has 4 heteroatoms. The van der Waals surface area contributed by atoms with E-state index in [4.69, 9.17) is 4.74 Å². The molecule has 1 N–H and O–H groups in total. The van der Waals surface area contributed by atoms with Crippen LogP contribution in [-0.4, -0.2) is 13.0 Å². The minimum atomic E-state index is -0.341. The van der Waals surface area contributed by atoms with E-state index in [1.807, 2.05) is 24.3 Å². The molecule has 0 atom stereocenters. The zero-order chi connectivity index (χ0) is 15.2. The molecule has 3 nitrogen and oxygen atoms in total. The van der Waals surface area contributed by atoms with Crippen LogP contribution in [0.5, 0.6) is 5.75 Å². The largest absolute Gasteiger partial charge is 0.497 e. The third-order valence-corrected chi connectivity index (χ3v) is 2.98. The number of benzene rings is 2. The van der Waals surface area contributed by atoms with Gasteiger partial charge in [0.1, 0.15) is 11.6 Å². The van der Waals surface area contributed by atoms with E-state index in [1.54, 1.807) is 32.2 Å². The standard InChI is InChI=1S/C17H16FNO2/c1-12-3-7-14(11-16(12)18)19-17(20)10-6-13-4-8-15(21-2)9-5-13/h3-11H,1-2H3,(H,19,20)/b10-6+. The molecule has 0 radical (unpaired) electrons. The van der Waals surface area contributed by atoms with E-state index in [1.165, 1.54) is 12.1 Å². The Kier molecular flexibility index (Phi) is 4.72. The van der Waals surface area contributed by atoms with E-state index >= 15 is 0 Å². The summed E-state index contributed by atoms with van der Waals surface area (Å²) in [7, 11) is 1.60. The highest BCUT2D eigenvalue weighted by molar-refractivity contribution is 6.01. The first kappa shape index (κ1) is 14.8. The third kappa shape index (κ3) is 4.18. The predicted molar refractivity (Wildman–Crippen MR) is 81.8 cm³/mol. The first-order chi connectivity index (χ1) is 10.1. The van der Waals surface area contributed by atoms with Gasteiger partial charge in [0.05, 0.1) is 7.11 Å². The molecule has 2 aromatic rings. The Morgan fingerprint density at radius 1 is 1.19 bits per heavy atom. The minimum absolute atomic E-state index is 0.311. The number of aryl methyl sites for hydroxylation is 1. The van der Waals surface area contributed by atoms with E-state index < -0.39 is 0 Å². The fourth-order valence-corrected chi connectivity index (χ4v) is 1.74. The number of ether oxygens (including phenoxy) is 1. The number of methoxy groups -OCH3 is 1. The lowest BCUT2D eigenvalue weighted by Crippen LogP contribution is -2.08. The summed E-state index contributed by atoms with van der Waals surface area (Å²) in [6, 6.07) is 11.9. The number of hydrogen-bond donors (Lipinski definition) is 1. The van der Waals surface area contributed by atoms with Gasteiger partial charge in [-0.3, -0.25) is 4.79 Å². The molecule has 0 fully saturated rings. The summed E-state index contributed by atoms with van der Waals surface area (Å²) < 4.78 is 18.4. The molecule has 0 aliphatic carbocycles. The van der Waals surface area contributed by atoms with Gasteiger partial charge >= 0.3 is 0 Å². The van der Waals surface area contributed by atoms with Gasteiger partial charge in [-0.05, 0) is 48.4 Å². The molecule has 0 saturated heterocycles. The molecule has 0 aliphatic heterocycles. The maximum absolute atomic E-state index is 13.4. The number of carbonyl (C=O) groups is 1. The zero-order valence-electron chi connectivity index (χ0n) is 11.9. The molecule has 0 spiro atoms. The topological polar surface area (TPSA) is 38.3 Å². The second kappa shape index (κ2) is 6.70. The summed E-state index contributed by atoms with van der Waals surface area (Å²) in [5.74, 6) is 0.104. The molecule has 21 heavy (non-hydrogen) atoms. The van der Waals surface area contributed by atoms with Crippen LogP contribution < -0.4 is 10.1 Å². The van der Waals surface area contributed by atoms with Crippen LogP contribution in [0.4, 0.5) is 10.1 Å². The van der Waals surface area contributed by atoms with Crippen molar-refractivity contribution >= 4 is 17.7 Å². The van der Waals surface area contributed by atoms with Gasteiger partial charge in [-0.1, -0.05) is 18.2 Å². The molecule has 0 aromatic heterocycles. The molecule has 1 amide bonds. The maximum atomic E-state index is 13.4. The number of rotatable bonds is 4. The average molecular weight is 285 g/mol. The van der Waals surface area contributed by atoms with Crippen LogP contribution in [0, 0.1) is 12.7 Å². The van der Waals surface area contributed by atoms with Crippen LogP contribution in [-0.2, 0) is 4.79 Å². The summed E-state index contributed by atoms with van der Waals surface area (Å²) in [5.41, 5.74) is 1.85. The van der Waals surface area contributed by atoms with Crippen molar-refractivity contribution in [1.29, 1.82) is 0 Å². The fourth-order valence-electron chi connectivity index (χ4n) is 1.74. The van der Waals surface area contributed by atoms with Gasteiger partial charge in [-0.25, -0.2) is 4.39 Å². The molecule has 0 heterocycles. The van der Waals surface area contributed by atoms with Gasteiger partial charge in [0.2, 0.25) is 5.91 Å². The molecule has 2 rings (SSSR count). The third-order valence-electron chi connectivity index (χ3n) is 2.98. The summed E-state index contributed by atoms with van der Waals surface area (Å²) in [6.07, 6.45) is 3.08. The number of halogens is 1. The van der Waals surface area contributed by atoms with Crippen molar-refractivity contribution in [2.24, 2.45) is 0 Å². The maximum Gasteiger partial charge on any atom is 0.248 e. The molecule has 2 aromatic carbocycles. The van der Waals surface area contributed by atoms with Gasteiger partial charge in [0.15, 0.2) is 0 Å². The van der Waals surface area contributed by atoms with Crippen LogP contribution in [0.1, 0.15) is 11.1 Å². The van der Waals surface area contributed by atoms with Crippen molar-refractivity contribution < 1.29 is 13.9 Å². The molecule has 108 valence electrons. The van der Waals surface area contributed by atoms with Gasteiger partial charge < -0.3 is 10.1 Å². The quantitative estimate of drug-likeness (QED) is 0.868. The average Bonchev–Trinajstić information content (AvgIpc) is 2.49. The number of anilines is 1. The van der Waals surface area contributed by atoms with Crippen molar-refractivity contribution in [1.82, 2.24) is 0 Å². The van der Waals surface area contributed by atoms with Crippen molar-refractivity contribution in [2.45, 2.75) is 6.92 Å². The van der Waals surface area contributed by atoms with Crippen LogP contribution in [0.2, 0.25) is 0 Å². The van der Waals surface area contributed by atoms with Crippen molar-refractivity contribution in [3.05, 3.63) is 65.5 Å². The molecule has 0 aliphatic rings. The van der Waals surface area contributed by atoms with E-state index in [0.717, 1.165) is 11.3 Å². The van der Waals surface area contributed by atoms with Crippen LogP contribution in [0.3, 0.4) is 0 Å². The zero-order valence-corrected chi connectivity index (χ0v) is 11.9. The number of carbonyl (C=O) groups excluding carboxylic acids is 1. The smallest absolute Gasteiger partial charge is 0.248 e. The summed E-state index contributed by atoms with van der Waals surface area (Å²) in [5, 5.41) is 2.61. The van der Waals surface area contributed by atoms with Crippen molar-refractivity contribution in [2.75, 3.05) is 12.4 Å². The first-order valence-corrected chi connectivity index (χ1v) is 6.48. The first-order valence-electron chi connectivity index (χ1n) is 6.48. The Balaban J connectivity index is 1.99. The van der Waals surface area contributed by atoms with Gasteiger partial charge in [-0.2, -0.15) is 0 Å². The number of amides is 1. The highest BCUT2D eigenvalue weighted by Crippen LogP contribution is 2.14. The molecular formula is C17H16FNO2. The lowest BCUT2D eigenvalue weighted by molar-refractivity contribution is -0.111. The fraction of sp³-hybridized carbons (Fsp3) is 0.118. The number of hydrogen-bond acceptors (Lipinski definition) is 2. The summed E-state index contributed by atoms with van der Waals surface area (Å²) in [6.45, 7) is 1.67. The Hall–Kier alpha value is -2.62. The van der Waals surface area contributed by atoms with E-state index in [2.05, 4.69) is 5.32 Å². The van der Waals surface area contributed by atoms with Crippen LogP contribution in [0.15, 0.2) is 48.5 Å². The van der Waals surface area contributed by atoms with Gasteiger partial charge in [-0.15, -0.1) is 0 Å². The molecular weight excluding hydrogens is 269 g/mol. The van der Waals surface area contributed by atoms with Crippen molar-refractivity contribution in [3.8, 4) is 5.75 Å². The Bertz CT molecular complexity index is 663. The Morgan fingerprint density at radius 2 is 1.90 bits per heavy atom. The van der Waals surface area contributed by atoms with E-state index in [-0.39, 0.29) is 11.7 Å². The minimum Gasteiger partial charge on any atom is -0.497 e. The Morgan fingerprint density at radius 3 is 2.52 bits per heavy atom. The predicted octanol–water partition coefficient (Wildman–Crippen LogP) is 3.79. The monoisotopic (exact) mass is 285 g/mol.